The highest BCUT2D eigenvalue weighted by Crippen LogP contribution is 2.56. The molecular weight excluding hydrogens is 188 g/mol. The third-order valence-corrected chi connectivity index (χ3v) is 3.93. The summed E-state index contributed by atoms with van der Waals surface area (Å²) in [5.41, 5.74) is 7.31. The van der Waals surface area contributed by atoms with Gasteiger partial charge in [0.1, 0.15) is 0 Å². The molecule has 0 spiro atoms. The number of nitrogens with zero attached hydrogens (tertiary/aromatic N) is 3. The summed E-state index contributed by atoms with van der Waals surface area (Å²) in [7, 11) is 0. The summed E-state index contributed by atoms with van der Waals surface area (Å²) >= 11 is 0. The van der Waals surface area contributed by atoms with E-state index in [-0.39, 0.29) is 11.5 Å². The molecule has 2 N–H and O–H groups in total. The van der Waals surface area contributed by atoms with Gasteiger partial charge >= 0.3 is 0 Å². The van der Waals surface area contributed by atoms with Gasteiger partial charge < -0.3 is 5.73 Å². The van der Waals surface area contributed by atoms with Crippen LogP contribution in [0.2, 0.25) is 0 Å². The lowest BCUT2D eigenvalue weighted by Gasteiger charge is -1.97. The molecule has 2 fully saturated rings. The van der Waals surface area contributed by atoms with Crippen molar-refractivity contribution in [3.8, 4) is 0 Å². The summed E-state index contributed by atoms with van der Waals surface area (Å²) in [6.45, 7) is 5.43. The third kappa shape index (κ3) is 1.47. The molecule has 2 atom stereocenters. The third-order valence-electron chi connectivity index (χ3n) is 3.93. The zero-order valence-electron chi connectivity index (χ0n) is 9.35. The van der Waals surface area contributed by atoms with E-state index in [1.807, 2.05) is 4.68 Å². The minimum atomic E-state index is 0.209. The molecule has 2 unspecified atom stereocenters. The van der Waals surface area contributed by atoms with Crippen molar-refractivity contribution in [1.29, 1.82) is 0 Å². The van der Waals surface area contributed by atoms with Gasteiger partial charge in [0.2, 0.25) is 0 Å². The summed E-state index contributed by atoms with van der Waals surface area (Å²) in [4.78, 5) is 0. The number of aromatic nitrogens is 3. The number of rotatable bonds is 3. The molecule has 0 saturated heterocycles. The molecule has 82 valence electrons. The van der Waals surface area contributed by atoms with Gasteiger partial charge in [-0.05, 0) is 24.2 Å². The first-order valence-corrected chi connectivity index (χ1v) is 5.74. The van der Waals surface area contributed by atoms with E-state index >= 15 is 0 Å². The van der Waals surface area contributed by atoms with Gasteiger partial charge in [-0.2, -0.15) is 0 Å². The van der Waals surface area contributed by atoms with Crippen molar-refractivity contribution in [2.45, 2.75) is 45.2 Å². The Kier molecular flexibility index (Phi) is 1.75. The summed E-state index contributed by atoms with van der Waals surface area (Å²) in [5, 5.41) is 8.41. The summed E-state index contributed by atoms with van der Waals surface area (Å²) in [6.07, 6.45) is 4.78. The van der Waals surface area contributed by atoms with Crippen molar-refractivity contribution in [2.24, 2.45) is 17.1 Å². The Hall–Kier alpha value is -0.900. The second-order valence-electron chi connectivity index (χ2n) is 5.63. The number of hydrogen-bond donors (Lipinski definition) is 1. The zero-order chi connectivity index (χ0) is 10.6. The molecule has 0 bridgehead atoms. The van der Waals surface area contributed by atoms with Crippen LogP contribution in [-0.2, 0) is 6.54 Å². The van der Waals surface area contributed by atoms with Gasteiger partial charge in [0.25, 0.3) is 0 Å². The first-order valence-electron chi connectivity index (χ1n) is 5.74. The van der Waals surface area contributed by atoms with Crippen LogP contribution in [0.1, 0.15) is 38.3 Å². The molecule has 0 aromatic carbocycles. The highest BCUT2D eigenvalue weighted by atomic mass is 15.4. The fourth-order valence-corrected chi connectivity index (χ4v) is 2.35. The molecule has 0 radical (unpaired) electrons. The molecule has 4 nitrogen and oxygen atoms in total. The predicted octanol–water partition coefficient (Wildman–Crippen LogP) is 1.14. The van der Waals surface area contributed by atoms with Crippen LogP contribution in [0.3, 0.4) is 0 Å². The quantitative estimate of drug-likeness (QED) is 0.806. The lowest BCUT2D eigenvalue weighted by atomic mass is 10.1. The van der Waals surface area contributed by atoms with Crippen molar-refractivity contribution < 1.29 is 0 Å². The first-order chi connectivity index (χ1) is 7.09. The lowest BCUT2D eigenvalue weighted by Crippen LogP contribution is -2.06. The van der Waals surface area contributed by atoms with E-state index in [9.17, 15) is 0 Å². The Labute approximate surface area is 89.8 Å². The van der Waals surface area contributed by atoms with Crippen LogP contribution in [0.15, 0.2) is 6.20 Å². The minimum absolute atomic E-state index is 0.209. The van der Waals surface area contributed by atoms with Gasteiger partial charge in [0.05, 0.1) is 5.69 Å². The molecule has 0 amide bonds. The maximum absolute atomic E-state index is 6.02. The number of hydrogen-bond acceptors (Lipinski definition) is 3. The number of nitrogens with two attached hydrogens (primary N) is 1. The van der Waals surface area contributed by atoms with Crippen molar-refractivity contribution in [1.82, 2.24) is 15.0 Å². The molecule has 3 rings (SSSR count). The SMILES string of the molecule is CC1(C)C(N)C1c1cn(CC2CC2)nn1. The average Bonchev–Trinajstić information content (AvgIpc) is 2.97. The van der Waals surface area contributed by atoms with Crippen LogP contribution >= 0.6 is 0 Å². The molecule has 4 heteroatoms. The highest BCUT2D eigenvalue weighted by molar-refractivity contribution is 5.26. The lowest BCUT2D eigenvalue weighted by molar-refractivity contribution is 0.544. The van der Waals surface area contributed by atoms with E-state index in [1.165, 1.54) is 12.8 Å². The Morgan fingerprint density at radius 3 is 2.73 bits per heavy atom. The highest BCUT2D eigenvalue weighted by Gasteiger charge is 2.57. The molecule has 2 aliphatic carbocycles. The maximum atomic E-state index is 6.02. The van der Waals surface area contributed by atoms with Gasteiger partial charge in [-0.3, -0.25) is 4.68 Å². The Morgan fingerprint density at radius 1 is 1.53 bits per heavy atom. The van der Waals surface area contributed by atoms with E-state index in [0.29, 0.717) is 5.92 Å². The van der Waals surface area contributed by atoms with E-state index < -0.39 is 0 Å². The zero-order valence-corrected chi connectivity index (χ0v) is 9.35. The molecule has 1 aromatic rings. The smallest absolute Gasteiger partial charge is 0.0879 e. The van der Waals surface area contributed by atoms with Crippen molar-refractivity contribution in [3.63, 3.8) is 0 Å². The summed E-state index contributed by atoms with van der Waals surface area (Å²) in [6, 6.07) is 0.253. The Bertz CT molecular complexity index is 378. The second-order valence-corrected chi connectivity index (χ2v) is 5.63. The molecule has 2 saturated carbocycles. The molecule has 2 aliphatic rings. The van der Waals surface area contributed by atoms with E-state index in [1.54, 1.807) is 0 Å². The van der Waals surface area contributed by atoms with Crippen LogP contribution in [0.25, 0.3) is 0 Å². The van der Waals surface area contributed by atoms with Crippen LogP contribution in [0.4, 0.5) is 0 Å². The van der Waals surface area contributed by atoms with Crippen LogP contribution in [0, 0.1) is 11.3 Å². The normalized spacial score (nSPS) is 33.0. The molecule has 1 heterocycles. The fraction of sp³-hybridized carbons (Fsp3) is 0.818. The van der Waals surface area contributed by atoms with Crippen molar-refractivity contribution in [2.75, 3.05) is 0 Å². The standard InChI is InChI=1S/C11H18N4/c1-11(2)9(10(11)12)8-6-15(14-13-8)5-7-3-4-7/h6-7,9-10H,3-5,12H2,1-2H3. The first kappa shape index (κ1) is 9.33. The summed E-state index contributed by atoms with van der Waals surface area (Å²) in [5.74, 6) is 1.26. The second kappa shape index (κ2) is 2.82. The topological polar surface area (TPSA) is 56.7 Å². The largest absolute Gasteiger partial charge is 0.327 e. The summed E-state index contributed by atoms with van der Waals surface area (Å²) < 4.78 is 1.98. The molecule has 0 aliphatic heterocycles. The molecular formula is C11H18N4. The van der Waals surface area contributed by atoms with E-state index in [4.69, 9.17) is 5.73 Å². The van der Waals surface area contributed by atoms with E-state index in [2.05, 4.69) is 30.4 Å². The van der Waals surface area contributed by atoms with E-state index in [0.717, 1.165) is 18.2 Å². The fourth-order valence-electron chi connectivity index (χ4n) is 2.35. The van der Waals surface area contributed by atoms with Crippen LogP contribution < -0.4 is 5.73 Å². The van der Waals surface area contributed by atoms with Crippen LogP contribution in [0.5, 0.6) is 0 Å². The molecule has 1 aromatic heterocycles. The van der Waals surface area contributed by atoms with Gasteiger partial charge in [-0.25, -0.2) is 0 Å². The van der Waals surface area contributed by atoms with Gasteiger partial charge in [-0.1, -0.05) is 19.1 Å². The van der Waals surface area contributed by atoms with Gasteiger partial charge in [0, 0.05) is 24.7 Å². The van der Waals surface area contributed by atoms with Gasteiger partial charge in [0.15, 0.2) is 0 Å². The van der Waals surface area contributed by atoms with Crippen LogP contribution in [-0.4, -0.2) is 21.0 Å². The van der Waals surface area contributed by atoms with Crippen molar-refractivity contribution >= 4 is 0 Å². The minimum Gasteiger partial charge on any atom is -0.327 e. The molecule has 15 heavy (non-hydrogen) atoms. The predicted molar refractivity (Wildman–Crippen MR) is 57.2 cm³/mol. The average molecular weight is 206 g/mol. The van der Waals surface area contributed by atoms with Gasteiger partial charge in [-0.15, -0.1) is 5.10 Å². The Balaban J connectivity index is 1.73. The van der Waals surface area contributed by atoms with Crippen molar-refractivity contribution in [3.05, 3.63) is 11.9 Å². The monoisotopic (exact) mass is 206 g/mol. The maximum Gasteiger partial charge on any atom is 0.0879 e. The Morgan fingerprint density at radius 2 is 2.20 bits per heavy atom.